The minimum absolute atomic E-state index is 0.114. The molecule has 2 atom stereocenters. The molecule has 0 bridgehead atoms. The van der Waals surface area contributed by atoms with E-state index in [0.717, 1.165) is 6.42 Å². The maximum atomic E-state index is 11.5. The highest BCUT2D eigenvalue weighted by Gasteiger charge is 2.16. The summed E-state index contributed by atoms with van der Waals surface area (Å²) in [7, 11) is 4.02. The fourth-order valence-electron chi connectivity index (χ4n) is 1.93. The number of nitrogens with one attached hydrogen (secondary N) is 1. The molecule has 1 amide bonds. The predicted molar refractivity (Wildman–Crippen MR) is 78.9 cm³/mol. The Bertz CT molecular complexity index is 398. The third-order valence-electron chi connectivity index (χ3n) is 3.28. The smallest absolute Gasteiger partial charge is 0.236 e. The molecule has 106 valence electrons. The highest BCUT2D eigenvalue weighted by molar-refractivity contribution is 5.80. The molecule has 3 N–H and O–H groups in total. The van der Waals surface area contributed by atoms with Crippen LogP contribution in [0.15, 0.2) is 24.3 Å². The van der Waals surface area contributed by atoms with Crippen molar-refractivity contribution in [3.63, 3.8) is 0 Å². The number of carbonyl (C=O) groups is 1. The van der Waals surface area contributed by atoms with Crippen LogP contribution >= 0.6 is 0 Å². The number of hydrogen-bond acceptors (Lipinski definition) is 3. The van der Waals surface area contributed by atoms with E-state index in [-0.39, 0.29) is 11.9 Å². The highest BCUT2D eigenvalue weighted by atomic mass is 16.2. The number of carbonyl (C=O) groups excluding carboxylic acids is 1. The molecule has 1 rings (SSSR count). The maximum Gasteiger partial charge on any atom is 0.236 e. The molecule has 1 aromatic rings. The average Bonchev–Trinajstić information content (AvgIpc) is 2.38. The monoisotopic (exact) mass is 263 g/mol. The van der Waals surface area contributed by atoms with Gasteiger partial charge in [0, 0.05) is 6.54 Å². The lowest BCUT2D eigenvalue weighted by molar-refractivity contribution is -0.122. The molecule has 0 fully saturated rings. The molecule has 0 radical (unpaired) electrons. The number of aryl methyl sites for hydroxylation is 1. The van der Waals surface area contributed by atoms with Gasteiger partial charge in [-0.2, -0.15) is 0 Å². The summed E-state index contributed by atoms with van der Waals surface area (Å²) < 4.78 is 0. The van der Waals surface area contributed by atoms with Crippen LogP contribution in [0.3, 0.4) is 0 Å². The van der Waals surface area contributed by atoms with E-state index < -0.39 is 6.04 Å². The van der Waals surface area contributed by atoms with Crippen LogP contribution in [0.2, 0.25) is 0 Å². The van der Waals surface area contributed by atoms with Crippen LogP contribution < -0.4 is 11.1 Å². The largest absolute Gasteiger partial charge is 0.353 e. The number of rotatable bonds is 6. The third-order valence-corrected chi connectivity index (χ3v) is 3.28. The predicted octanol–water partition coefficient (Wildman–Crippen LogP) is 1.32. The highest BCUT2D eigenvalue weighted by Crippen LogP contribution is 2.18. The molecule has 0 spiro atoms. The SMILES string of the molecule is CCc1ccc(C(CNC(=O)[C@@H](C)N)N(C)C)cc1. The van der Waals surface area contributed by atoms with Crippen LogP contribution in [0.4, 0.5) is 0 Å². The van der Waals surface area contributed by atoms with Gasteiger partial charge in [-0.05, 0) is 38.6 Å². The summed E-state index contributed by atoms with van der Waals surface area (Å²) in [6.07, 6.45) is 1.04. The quantitative estimate of drug-likeness (QED) is 0.813. The Balaban J connectivity index is 2.73. The van der Waals surface area contributed by atoms with Crippen molar-refractivity contribution in [2.24, 2.45) is 5.73 Å². The van der Waals surface area contributed by atoms with Crippen LogP contribution in [0, 0.1) is 0 Å². The molecule has 0 aromatic heterocycles. The molecule has 19 heavy (non-hydrogen) atoms. The number of likely N-dealkylation sites (N-methyl/N-ethyl adjacent to an activating group) is 1. The minimum Gasteiger partial charge on any atom is -0.353 e. The zero-order valence-corrected chi connectivity index (χ0v) is 12.3. The Morgan fingerprint density at radius 1 is 1.32 bits per heavy atom. The number of hydrogen-bond donors (Lipinski definition) is 2. The van der Waals surface area contributed by atoms with E-state index >= 15 is 0 Å². The lowest BCUT2D eigenvalue weighted by Gasteiger charge is -2.25. The zero-order chi connectivity index (χ0) is 14.4. The maximum absolute atomic E-state index is 11.5. The summed E-state index contributed by atoms with van der Waals surface area (Å²) in [5.74, 6) is -0.114. The van der Waals surface area contributed by atoms with Gasteiger partial charge in [0.2, 0.25) is 5.91 Å². The number of nitrogens with two attached hydrogens (primary N) is 1. The van der Waals surface area contributed by atoms with Crippen molar-refractivity contribution < 1.29 is 4.79 Å². The van der Waals surface area contributed by atoms with Gasteiger partial charge < -0.3 is 16.0 Å². The topological polar surface area (TPSA) is 58.4 Å². The molecule has 4 nitrogen and oxygen atoms in total. The van der Waals surface area contributed by atoms with Gasteiger partial charge in [0.05, 0.1) is 12.1 Å². The second-order valence-electron chi connectivity index (χ2n) is 5.11. The van der Waals surface area contributed by atoms with E-state index in [9.17, 15) is 4.79 Å². The van der Waals surface area contributed by atoms with E-state index in [2.05, 4.69) is 41.4 Å². The van der Waals surface area contributed by atoms with E-state index in [0.29, 0.717) is 6.54 Å². The fourth-order valence-corrected chi connectivity index (χ4v) is 1.93. The van der Waals surface area contributed by atoms with Crippen molar-refractivity contribution in [3.05, 3.63) is 35.4 Å². The molecule has 0 aliphatic heterocycles. The summed E-state index contributed by atoms with van der Waals surface area (Å²) in [5.41, 5.74) is 8.07. The first-order chi connectivity index (χ1) is 8.95. The third kappa shape index (κ3) is 4.65. The molecule has 1 aromatic carbocycles. The van der Waals surface area contributed by atoms with Crippen LogP contribution in [0.5, 0.6) is 0 Å². The van der Waals surface area contributed by atoms with Crippen LogP contribution in [-0.2, 0) is 11.2 Å². The van der Waals surface area contributed by atoms with Gasteiger partial charge in [0.15, 0.2) is 0 Å². The van der Waals surface area contributed by atoms with E-state index in [1.54, 1.807) is 6.92 Å². The Morgan fingerprint density at radius 3 is 2.32 bits per heavy atom. The summed E-state index contributed by atoms with van der Waals surface area (Å²) in [4.78, 5) is 13.6. The summed E-state index contributed by atoms with van der Waals surface area (Å²) in [5, 5.41) is 2.89. The first-order valence-electron chi connectivity index (χ1n) is 6.74. The Hall–Kier alpha value is -1.39. The van der Waals surface area contributed by atoms with Crippen molar-refractivity contribution in [3.8, 4) is 0 Å². The zero-order valence-electron chi connectivity index (χ0n) is 12.3. The first-order valence-corrected chi connectivity index (χ1v) is 6.74. The molecule has 0 saturated carbocycles. The Morgan fingerprint density at radius 2 is 1.89 bits per heavy atom. The van der Waals surface area contributed by atoms with Crippen LogP contribution in [0.1, 0.15) is 31.0 Å². The van der Waals surface area contributed by atoms with Gasteiger partial charge in [-0.25, -0.2) is 0 Å². The lowest BCUT2D eigenvalue weighted by Crippen LogP contribution is -2.42. The van der Waals surface area contributed by atoms with Gasteiger partial charge in [-0.15, -0.1) is 0 Å². The van der Waals surface area contributed by atoms with Crippen molar-refractivity contribution >= 4 is 5.91 Å². The van der Waals surface area contributed by atoms with E-state index in [1.165, 1.54) is 11.1 Å². The molecule has 0 saturated heterocycles. The van der Waals surface area contributed by atoms with Crippen molar-refractivity contribution in [2.45, 2.75) is 32.4 Å². The summed E-state index contributed by atoms with van der Waals surface area (Å²) in [6.45, 7) is 4.40. The molecular formula is C15H25N3O. The summed E-state index contributed by atoms with van der Waals surface area (Å²) >= 11 is 0. The molecule has 4 heteroatoms. The van der Waals surface area contributed by atoms with Crippen molar-refractivity contribution in [2.75, 3.05) is 20.6 Å². The van der Waals surface area contributed by atoms with Gasteiger partial charge >= 0.3 is 0 Å². The van der Waals surface area contributed by atoms with Crippen LogP contribution in [-0.4, -0.2) is 37.5 Å². The minimum atomic E-state index is -0.467. The Labute approximate surface area is 116 Å². The lowest BCUT2D eigenvalue weighted by atomic mass is 10.0. The number of nitrogens with zero attached hydrogens (tertiary/aromatic N) is 1. The van der Waals surface area contributed by atoms with Gasteiger partial charge in [0.1, 0.15) is 0 Å². The van der Waals surface area contributed by atoms with Crippen molar-refractivity contribution in [1.82, 2.24) is 10.2 Å². The first kappa shape index (κ1) is 15.7. The van der Waals surface area contributed by atoms with E-state index in [4.69, 9.17) is 5.73 Å². The molecule has 0 aliphatic carbocycles. The number of benzene rings is 1. The second-order valence-corrected chi connectivity index (χ2v) is 5.11. The second kappa shape index (κ2) is 7.26. The van der Waals surface area contributed by atoms with Gasteiger partial charge in [-0.3, -0.25) is 4.79 Å². The van der Waals surface area contributed by atoms with Gasteiger partial charge in [0.25, 0.3) is 0 Å². The standard InChI is InChI=1S/C15H25N3O/c1-5-12-6-8-13(9-7-12)14(18(3)4)10-17-15(19)11(2)16/h6-9,11,14H,5,10,16H2,1-4H3,(H,17,19)/t11-,14?/m1/s1. The normalized spacial score (nSPS) is 14.2. The molecule has 0 aliphatic rings. The van der Waals surface area contributed by atoms with E-state index in [1.807, 2.05) is 14.1 Å². The fraction of sp³-hybridized carbons (Fsp3) is 0.533. The van der Waals surface area contributed by atoms with Gasteiger partial charge in [-0.1, -0.05) is 31.2 Å². The average molecular weight is 263 g/mol. The molecule has 0 heterocycles. The van der Waals surface area contributed by atoms with Crippen LogP contribution in [0.25, 0.3) is 0 Å². The Kier molecular flexibility index (Phi) is 5.99. The molecular weight excluding hydrogens is 238 g/mol. The number of amides is 1. The summed E-state index contributed by atoms with van der Waals surface area (Å²) in [6, 6.07) is 8.22. The van der Waals surface area contributed by atoms with Crippen molar-refractivity contribution in [1.29, 1.82) is 0 Å². The molecule has 1 unspecified atom stereocenters.